The summed E-state index contributed by atoms with van der Waals surface area (Å²) in [5.41, 5.74) is 0.644. The summed E-state index contributed by atoms with van der Waals surface area (Å²) in [5, 5.41) is 3.27. The third-order valence-corrected chi connectivity index (χ3v) is 4.69. The van der Waals surface area contributed by atoms with Gasteiger partial charge < -0.3 is 10.1 Å². The standard InChI is InChI=1S/C13H17F2NO2S/c1-9-6-16-11(8-19(17)7-9)10-4-2-3-5-12(10)18-13(14)15/h2-5,9,11,13,16H,6-8H2,1H3. The van der Waals surface area contributed by atoms with Crippen LogP contribution in [0.5, 0.6) is 5.75 Å². The van der Waals surface area contributed by atoms with Gasteiger partial charge in [-0.3, -0.25) is 4.21 Å². The molecule has 0 bridgehead atoms. The van der Waals surface area contributed by atoms with Crippen LogP contribution in [0, 0.1) is 5.92 Å². The molecule has 1 aromatic carbocycles. The predicted octanol–water partition coefficient (Wildman–Crippen LogP) is 2.32. The number of alkyl halides is 2. The van der Waals surface area contributed by atoms with Gasteiger partial charge in [-0.05, 0) is 18.5 Å². The van der Waals surface area contributed by atoms with E-state index in [-0.39, 0.29) is 11.8 Å². The Labute approximate surface area is 113 Å². The van der Waals surface area contributed by atoms with E-state index in [0.29, 0.717) is 23.0 Å². The normalized spacial score (nSPS) is 28.1. The molecule has 0 saturated carbocycles. The minimum absolute atomic E-state index is 0.154. The Morgan fingerprint density at radius 1 is 1.37 bits per heavy atom. The molecule has 1 heterocycles. The maximum atomic E-state index is 12.4. The molecule has 1 aliphatic rings. The van der Waals surface area contributed by atoms with E-state index in [4.69, 9.17) is 0 Å². The highest BCUT2D eigenvalue weighted by molar-refractivity contribution is 7.85. The highest BCUT2D eigenvalue weighted by atomic mass is 32.2. The van der Waals surface area contributed by atoms with E-state index in [0.717, 1.165) is 6.54 Å². The molecule has 0 radical (unpaired) electrons. The fourth-order valence-electron chi connectivity index (χ4n) is 2.20. The quantitative estimate of drug-likeness (QED) is 0.928. The largest absolute Gasteiger partial charge is 0.434 e. The summed E-state index contributed by atoms with van der Waals surface area (Å²) in [6.07, 6.45) is 0. The van der Waals surface area contributed by atoms with Crippen molar-refractivity contribution in [1.82, 2.24) is 5.32 Å². The second-order valence-electron chi connectivity index (χ2n) is 4.76. The first-order valence-corrected chi connectivity index (χ1v) is 7.67. The van der Waals surface area contributed by atoms with E-state index >= 15 is 0 Å². The number of hydrogen-bond acceptors (Lipinski definition) is 3. The van der Waals surface area contributed by atoms with Crippen LogP contribution in [-0.2, 0) is 10.8 Å². The van der Waals surface area contributed by atoms with Crippen LogP contribution in [0.25, 0.3) is 0 Å². The first-order valence-electron chi connectivity index (χ1n) is 6.18. The minimum atomic E-state index is -2.85. The monoisotopic (exact) mass is 289 g/mol. The van der Waals surface area contributed by atoms with E-state index < -0.39 is 17.4 Å². The molecule has 1 aliphatic heterocycles. The molecular formula is C13H17F2NO2S. The van der Waals surface area contributed by atoms with Gasteiger partial charge in [0.2, 0.25) is 0 Å². The van der Waals surface area contributed by atoms with Crippen LogP contribution in [0.1, 0.15) is 18.5 Å². The van der Waals surface area contributed by atoms with E-state index in [1.165, 1.54) is 6.07 Å². The molecule has 0 spiro atoms. The Bertz CT molecular complexity index is 456. The Kier molecular flexibility index (Phi) is 4.87. The molecule has 1 N–H and O–H groups in total. The van der Waals surface area contributed by atoms with Crippen molar-refractivity contribution in [2.75, 3.05) is 18.1 Å². The van der Waals surface area contributed by atoms with Gasteiger partial charge in [-0.15, -0.1) is 0 Å². The van der Waals surface area contributed by atoms with Gasteiger partial charge >= 0.3 is 6.61 Å². The summed E-state index contributed by atoms with van der Waals surface area (Å²) in [6, 6.07) is 6.47. The molecule has 19 heavy (non-hydrogen) atoms. The summed E-state index contributed by atoms with van der Waals surface area (Å²) >= 11 is 0. The van der Waals surface area contributed by atoms with Crippen LogP contribution >= 0.6 is 0 Å². The Balaban J connectivity index is 2.22. The zero-order valence-corrected chi connectivity index (χ0v) is 11.5. The van der Waals surface area contributed by atoms with Crippen LogP contribution in [0.4, 0.5) is 8.78 Å². The molecule has 1 saturated heterocycles. The molecule has 3 atom stereocenters. The van der Waals surface area contributed by atoms with Crippen LogP contribution in [0.15, 0.2) is 24.3 Å². The van der Waals surface area contributed by atoms with E-state index in [1.54, 1.807) is 18.2 Å². The summed E-state index contributed by atoms with van der Waals surface area (Å²) in [4.78, 5) is 0. The molecule has 0 aromatic heterocycles. The Morgan fingerprint density at radius 2 is 2.11 bits per heavy atom. The third-order valence-electron chi connectivity index (χ3n) is 3.05. The minimum Gasteiger partial charge on any atom is -0.434 e. The Hall–Kier alpha value is -1.01. The molecule has 3 nitrogen and oxygen atoms in total. The van der Waals surface area contributed by atoms with Gasteiger partial charge in [-0.2, -0.15) is 8.78 Å². The SMILES string of the molecule is CC1CNC(c2ccccc2OC(F)F)CS(=O)C1. The highest BCUT2D eigenvalue weighted by Crippen LogP contribution is 2.28. The Morgan fingerprint density at radius 3 is 2.84 bits per heavy atom. The summed E-state index contributed by atoms with van der Waals surface area (Å²) in [5.74, 6) is 1.53. The lowest BCUT2D eigenvalue weighted by Crippen LogP contribution is -2.26. The molecule has 106 valence electrons. The van der Waals surface area contributed by atoms with Crippen LogP contribution in [0.3, 0.4) is 0 Å². The second-order valence-corrected chi connectivity index (χ2v) is 6.30. The zero-order chi connectivity index (χ0) is 13.8. The van der Waals surface area contributed by atoms with Crippen molar-refractivity contribution in [3.63, 3.8) is 0 Å². The highest BCUT2D eigenvalue weighted by Gasteiger charge is 2.24. The van der Waals surface area contributed by atoms with Gasteiger partial charge in [0, 0.05) is 33.9 Å². The second kappa shape index (κ2) is 6.43. The van der Waals surface area contributed by atoms with Gasteiger partial charge in [0.1, 0.15) is 5.75 Å². The van der Waals surface area contributed by atoms with Crippen molar-refractivity contribution < 1.29 is 17.7 Å². The molecule has 1 aromatic rings. The summed E-state index contributed by atoms with van der Waals surface area (Å²) in [7, 11) is -0.945. The van der Waals surface area contributed by atoms with E-state index in [2.05, 4.69) is 10.1 Å². The molecule has 6 heteroatoms. The van der Waals surface area contributed by atoms with Crippen molar-refractivity contribution in [2.24, 2.45) is 5.92 Å². The lowest BCUT2D eigenvalue weighted by molar-refractivity contribution is -0.0506. The lowest BCUT2D eigenvalue weighted by Gasteiger charge is -2.19. The maximum Gasteiger partial charge on any atom is 0.387 e. The van der Waals surface area contributed by atoms with E-state index in [9.17, 15) is 13.0 Å². The van der Waals surface area contributed by atoms with Gasteiger partial charge in [-0.1, -0.05) is 25.1 Å². The number of hydrogen-bond donors (Lipinski definition) is 1. The van der Waals surface area contributed by atoms with Crippen LogP contribution < -0.4 is 10.1 Å². The van der Waals surface area contributed by atoms with Crippen molar-refractivity contribution in [3.8, 4) is 5.75 Å². The van der Waals surface area contributed by atoms with Crippen molar-refractivity contribution in [2.45, 2.75) is 19.6 Å². The fourth-order valence-corrected chi connectivity index (χ4v) is 3.76. The molecule has 2 rings (SSSR count). The number of ether oxygens (including phenoxy) is 1. The van der Waals surface area contributed by atoms with Crippen molar-refractivity contribution in [1.29, 1.82) is 0 Å². The molecule has 0 amide bonds. The third kappa shape index (κ3) is 3.98. The summed E-state index contributed by atoms with van der Waals surface area (Å²) in [6.45, 7) is -0.106. The predicted molar refractivity (Wildman–Crippen MR) is 70.9 cm³/mol. The average Bonchev–Trinajstić information content (AvgIpc) is 2.50. The average molecular weight is 289 g/mol. The zero-order valence-electron chi connectivity index (χ0n) is 10.6. The fraction of sp³-hybridized carbons (Fsp3) is 0.538. The lowest BCUT2D eigenvalue weighted by atomic mass is 10.1. The van der Waals surface area contributed by atoms with Crippen molar-refractivity contribution >= 4 is 10.8 Å². The summed E-state index contributed by atoms with van der Waals surface area (Å²) < 4.78 is 41.2. The molecular weight excluding hydrogens is 272 g/mol. The molecule has 1 fully saturated rings. The smallest absolute Gasteiger partial charge is 0.387 e. The maximum absolute atomic E-state index is 12.4. The van der Waals surface area contributed by atoms with Crippen LogP contribution in [-0.4, -0.2) is 28.9 Å². The van der Waals surface area contributed by atoms with Crippen LogP contribution in [0.2, 0.25) is 0 Å². The van der Waals surface area contributed by atoms with Gasteiger partial charge in [0.05, 0.1) is 0 Å². The van der Waals surface area contributed by atoms with E-state index in [1.807, 2.05) is 6.92 Å². The number of para-hydroxylation sites is 1. The number of nitrogens with one attached hydrogen (secondary N) is 1. The van der Waals surface area contributed by atoms with Crippen molar-refractivity contribution in [3.05, 3.63) is 29.8 Å². The molecule has 3 unspecified atom stereocenters. The van der Waals surface area contributed by atoms with Gasteiger partial charge in [0.25, 0.3) is 0 Å². The number of benzene rings is 1. The number of halogens is 2. The van der Waals surface area contributed by atoms with Gasteiger partial charge in [-0.25, -0.2) is 0 Å². The first-order chi connectivity index (χ1) is 9.06. The number of rotatable bonds is 3. The molecule has 0 aliphatic carbocycles. The topological polar surface area (TPSA) is 38.3 Å². The van der Waals surface area contributed by atoms with Gasteiger partial charge in [0.15, 0.2) is 0 Å². The first kappa shape index (κ1) is 14.4.